The van der Waals surface area contributed by atoms with Crippen LogP contribution in [0, 0.1) is 6.92 Å². The Kier molecular flexibility index (Phi) is 3.87. The van der Waals surface area contributed by atoms with E-state index in [1.54, 1.807) is 0 Å². The first-order chi connectivity index (χ1) is 8.08. The zero-order valence-electron chi connectivity index (χ0n) is 9.32. The number of benzene rings is 2. The molecular formula is C14H12BrClO. The molecule has 2 aromatic rings. The number of hydrogen-bond acceptors (Lipinski definition) is 1. The third kappa shape index (κ3) is 2.89. The van der Waals surface area contributed by atoms with Crippen molar-refractivity contribution in [2.45, 2.75) is 13.0 Å². The van der Waals surface area contributed by atoms with E-state index in [1.165, 1.54) is 0 Å². The zero-order valence-corrected chi connectivity index (χ0v) is 11.7. The highest BCUT2D eigenvalue weighted by atomic mass is 79.9. The molecule has 0 aliphatic carbocycles. The SMILES string of the molecule is Cc1ccc(Cl)cc1[C@H](O)c1ccc(Br)cc1. The molecule has 0 amide bonds. The summed E-state index contributed by atoms with van der Waals surface area (Å²) in [5, 5.41) is 11.0. The summed E-state index contributed by atoms with van der Waals surface area (Å²) in [6.07, 6.45) is -0.637. The van der Waals surface area contributed by atoms with Gasteiger partial charge in [0.2, 0.25) is 0 Å². The Morgan fingerprint density at radius 3 is 2.41 bits per heavy atom. The zero-order chi connectivity index (χ0) is 12.4. The fraction of sp³-hybridized carbons (Fsp3) is 0.143. The molecule has 0 fully saturated rings. The maximum Gasteiger partial charge on any atom is 0.104 e. The minimum Gasteiger partial charge on any atom is -0.384 e. The summed E-state index contributed by atoms with van der Waals surface area (Å²) in [6.45, 7) is 1.97. The molecule has 1 atom stereocenters. The van der Waals surface area contributed by atoms with E-state index in [-0.39, 0.29) is 0 Å². The van der Waals surface area contributed by atoms with Gasteiger partial charge in [0.25, 0.3) is 0 Å². The van der Waals surface area contributed by atoms with Gasteiger partial charge in [-0.25, -0.2) is 0 Å². The molecule has 0 aromatic heterocycles. The van der Waals surface area contributed by atoms with Gasteiger partial charge in [0.1, 0.15) is 6.10 Å². The van der Waals surface area contributed by atoms with Gasteiger partial charge in [0, 0.05) is 9.50 Å². The Balaban J connectivity index is 2.39. The van der Waals surface area contributed by atoms with Crippen LogP contribution in [-0.2, 0) is 0 Å². The van der Waals surface area contributed by atoms with Crippen LogP contribution in [0.2, 0.25) is 5.02 Å². The van der Waals surface area contributed by atoms with Gasteiger partial charge in [-0.1, -0.05) is 45.7 Å². The Labute approximate surface area is 114 Å². The van der Waals surface area contributed by atoms with Crippen molar-refractivity contribution in [2.75, 3.05) is 0 Å². The number of aliphatic hydroxyl groups is 1. The summed E-state index contributed by atoms with van der Waals surface area (Å²) in [5.74, 6) is 0. The predicted octanol–water partition coefficient (Wildman–Crippen LogP) is 4.49. The third-order valence-corrected chi connectivity index (χ3v) is 3.49. The molecule has 88 valence electrons. The van der Waals surface area contributed by atoms with Crippen LogP contribution in [0.1, 0.15) is 22.8 Å². The van der Waals surface area contributed by atoms with Crippen molar-refractivity contribution in [3.63, 3.8) is 0 Å². The second kappa shape index (κ2) is 5.21. The summed E-state index contributed by atoms with van der Waals surface area (Å²) in [4.78, 5) is 0. The smallest absolute Gasteiger partial charge is 0.104 e. The van der Waals surface area contributed by atoms with Crippen molar-refractivity contribution in [3.05, 3.63) is 68.7 Å². The third-order valence-electron chi connectivity index (χ3n) is 2.72. The van der Waals surface area contributed by atoms with E-state index in [0.29, 0.717) is 5.02 Å². The molecule has 0 bridgehead atoms. The molecule has 0 radical (unpaired) electrons. The van der Waals surface area contributed by atoms with Crippen LogP contribution < -0.4 is 0 Å². The first kappa shape index (κ1) is 12.6. The molecule has 0 saturated heterocycles. The lowest BCUT2D eigenvalue weighted by Gasteiger charge is -2.14. The number of rotatable bonds is 2. The van der Waals surface area contributed by atoms with Gasteiger partial charge in [-0.05, 0) is 47.9 Å². The molecule has 0 spiro atoms. The van der Waals surface area contributed by atoms with Crippen molar-refractivity contribution in [1.82, 2.24) is 0 Å². The van der Waals surface area contributed by atoms with Crippen LogP contribution in [0.25, 0.3) is 0 Å². The Morgan fingerprint density at radius 2 is 1.76 bits per heavy atom. The Hall–Kier alpha value is -0.830. The number of hydrogen-bond donors (Lipinski definition) is 1. The maximum absolute atomic E-state index is 10.3. The van der Waals surface area contributed by atoms with Gasteiger partial charge in [0.15, 0.2) is 0 Å². The summed E-state index contributed by atoms with van der Waals surface area (Å²) >= 11 is 9.33. The molecule has 1 nitrogen and oxygen atoms in total. The minimum atomic E-state index is -0.637. The van der Waals surface area contributed by atoms with E-state index in [4.69, 9.17) is 11.6 Å². The highest BCUT2D eigenvalue weighted by Crippen LogP contribution is 2.27. The summed E-state index contributed by atoms with van der Waals surface area (Å²) in [6, 6.07) is 13.2. The average molecular weight is 312 g/mol. The molecule has 3 heteroatoms. The van der Waals surface area contributed by atoms with Crippen molar-refractivity contribution in [1.29, 1.82) is 0 Å². The highest BCUT2D eigenvalue weighted by molar-refractivity contribution is 9.10. The molecule has 1 N–H and O–H groups in total. The molecule has 2 aromatic carbocycles. The van der Waals surface area contributed by atoms with Crippen LogP contribution in [0.5, 0.6) is 0 Å². The molecule has 17 heavy (non-hydrogen) atoms. The number of aryl methyl sites for hydroxylation is 1. The van der Waals surface area contributed by atoms with Gasteiger partial charge in [-0.15, -0.1) is 0 Å². The lowest BCUT2D eigenvalue weighted by atomic mass is 9.98. The molecule has 0 aliphatic rings. The first-order valence-corrected chi connectivity index (χ1v) is 6.44. The van der Waals surface area contributed by atoms with Crippen LogP contribution in [-0.4, -0.2) is 5.11 Å². The van der Waals surface area contributed by atoms with E-state index in [1.807, 2.05) is 49.4 Å². The molecule has 2 rings (SSSR count). The topological polar surface area (TPSA) is 20.2 Å². The van der Waals surface area contributed by atoms with Crippen molar-refractivity contribution >= 4 is 27.5 Å². The second-order valence-electron chi connectivity index (χ2n) is 3.95. The van der Waals surface area contributed by atoms with Gasteiger partial charge in [-0.3, -0.25) is 0 Å². The summed E-state index contributed by atoms with van der Waals surface area (Å²) in [7, 11) is 0. The van der Waals surface area contributed by atoms with Crippen LogP contribution in [0.3, 0.4) is 0 Å². The largest absolute Gasteiger partial charge is 0.384 e. The number of aliphatic hydroxyl groups excluding tert-OH is 1. The summed E-state index contributed by atoms with van der Waals surface area (Å²) in [5.41, 5.74) is 2.74. The Morgan fingerprint density at radius 1 is 1.12 bits per heavy atom. The second-order valence-corrected chi connectivity index (χ2v) is 5.31. The number of halogens is 2. The normalized spacial score (nSPS) is 12.5. The van der Waals surface area contributed by atoms with Gasteiger partial charge >= 0.3 is 0 Å². The van der Waals surface area contributed by atoms with E-state index in [2.05, 4.69) is 15.9 Å². The van der Waals surface area contributed by atoms with E-state index in [0.717, 1.165) is 21.2 Å². The predicted molar refractivity (Wildman–Crippen MR) is 74.4 cm³/mol. The molecule has 0 unspecified atom stereocenters. The van der Waals surface area contributed by atoms with Crippen molar-refractivity contribution in [3.8, 4) is 0 Å². The van der Waals surface area contributed by atoms with Crippen LogP contribution >= 0.6 is 27.5 Å². The lowest BCUT2D eigenvalue weighted by molar-refractivity contribution is 0.219. The molecule has 0 saturated carbocycles. The fourth-order valence-corrected chi connectivity index (χ4v) is 2.18. The fourth-order valence-electron chi connectivity index (χ4n) is 1.73. The quantitative estimate of drug-likeness (QED) is 0.866. The van der Waals surface area contributed by atoms with Crippen molar-refractivity contribution in [2.24, 2.45) is 0 Å². The summed E-state index contributed by atoms with van der Waals surface area (Å²) < 4.78 is 0.997. The monoisotopic (exact) mass is 310 g/mol. The van der Waals surface area contributed by atoms with E-state index in [9.17, 15) is 5.11 Å². The van der Waals surface area contributed by atoms with E-state index < -0.39 is 6.10 Å². The van der Waals surface area contributed by atoms with Crippen LogP contribution in [0.15, 0.2) is 46.9 Å². The maximum atomic E-state index is 10.3. The van der Waals surface area contributed by atoms with E-state index >= 15 is 0 Å². The first-order valence-electron chi connectivity index (χ1n) is 5.27. The Bertz CT molecular complexity index is 522. The van der Waals surface area contributed by atoms with Crippen molar-refractivity contribution < 1.29 is 5.11 Å². The van der Waals surface area contributed by atoms with Gasteiger partial charge < -0.3 is 5.11 Å². The molecule has 0 heterocycles. The highest BCUT2D eigenvalue weighted by Gasteiger charge is 2.13. The average Bonchev–Trinajstić information content (AvgIpc) is 2.32. The molecule has 0 aliphatic heterocycles. The van der Waals surface area contributed by atoms with Gasteiger partial charge in [0.05, 0.1) is 0 Å². The minimum absolute atomic E-state index is 0.637. The molecular weight excluding hydrogens is 300 g/mol. The van der Waals surface area contributed by atoms with Gasteiger partial charge in [-0.2, -0.15) is 0 Å². The van der Waals surface area contributed by atoms with Crippen LogP contribution in [0.4, 0.5) is 0 Å². The standard InChI is InChI=1S/C14H12BrClO/c1-9-2-7-12(16)8-13(9)14(17)10-3-5-11(15)6-4-10/h2-8,14,17H,1H3/t14-/m1/s1. The lowest BCUT2D eigenvalue weighted by Crippen LogP contribution is -2.01.